The van der Waals surface area contributed by atoms with Gasteiger partial charge in [0.2, 0.25) is 5.69 Å². The fraction of sp³-hybridized carbons (Fsp3) is 0.286. The molecule has 0 radical (unpaired) electrons. The first-order valence-electron chi connectivity index (χ1n) is 5.30. The van der Waals surface area contributed by atoms with Gasteiger partial charge in [0.1, 0.15) is 0 Å². The molecule has 2 heteroatoms. The van der Waals surface area contributed by atoms with Crippen molar-refractivity contribution in [3.8, 4) is 0 Å². The van der Waals surface area contributed by atoms with Crippen LogP contribution in [0.3, 0.4) is 0 Å². The van der Waals surface area contributed by atoms with Crippen LogP contribution in [0.4, 0.5) is 5.69 Å². The van der Waals surface area contributed by atoms with Gasteiger partial charge in [-0.2, -0.15) is 0 Å². The molecule has 1 aromatic carbocycles. The lowest BCUT2D eigenvalue weighted by Gasteiger charge is -2.21. The SMILES string of the molecule is [C-]#[N+]c1ccc(C(C)(C)C)c2cccnc12. The number of hydrogen-bond donors (Lipinski definition) is 0. The second-order valence-corrected chi connectivity index (χ2v) is 4.89. The van der Waals surface area contributed by atoms with Gasteiger partial charge in [0.25, 0.3) is 0 Å². The van der Waals surface area contributed by atoms with Crippen molar-refractivity contribution in [3.63, 3.8) is 0 Å². The summed E-state index contributed by atoms with van der Waals surface area (Å²) in [5.41, 5.74) is 2.75. The first-order chi connectivity index (χ1) is 7.54. The smallest absolute Gasteiger partial charge is 0.212 e. The Labute approximate surface area is 95.8 Å². The maximum atomic E-state index is 7.14. The molecule has 0 spiro atoms. The van der Waals surface area contributed by atoms with E-state index in [1.54, 1.807) is 6.20 Å². The van der Waals surface area contributed by atoms with E-state index in [0.29, 0.717) is 5.69 Å². The number of nitrogens with zero attached hydrogens (tertiary/aromatic N) is 2. The van der Waals surface area contributed by atoms with Crippen LogP contribution < -0.4 is 0 Å². The third kappa shape index (κ3) is 1.65. The predicted molar refractivity (Wildman–Crippen MR) is 66.7 cm³/mol. The van der Waals surface area contributed by atoms with E-state index in [1.807, 2.05) is 24.3 Å². The molecule has 80 valence electrons. The maximum Gasteiger partial charge on any atom is 0.212 e. The number of fused-ring (bicyclic) bond motifs is 1. The molecule has 0 aliphatic rings. The van der Waals surface area contributed by atoms with Crippen LogP contribution in [0, 0.1) is 6.57 Å². The lowest BCUT2D eigenvalue weighted by Crippen LogP contribution is -2.11. The lowest BCUT2D eigenvalue weighted by molar-refractivity contribution is 0.596. The summed E-state index contributed by atoms with van der Waals surface area (Å²) >= 11 is 0. The van der Waals surface area contributed by atoms with Crippen LogP contribution in [0.25, 0.3) is 15.7 Å². The summed E-state index contributed by atoms with van der Waals surface area (Å²) in [6, 6.07) is 7.86. The number of benzene rings is 1. The third-order valence-electron chi connectivity index (χ3n) is 2.68. The summed E-state index contributed by atoms with van der Waals surface area (Å²) in [7, 11) is 0. The minimum atomic E-state index is 0.0713. The van der Waals surface area contributed by atoms with E-state index in [1.165, 1.54) is 5.56 Å². The Morgan fingerprint density at radius 3 is 2.56 bits per heavy atom. The highest BCUT2D eigenvalue weighted by Crippen LogP contribution is 2.33. The maximum absolute atomic E-state index is 7.14. The zero-order valence-corrected chi connectivity index (χ0v) is 9.78. The highest BCUT2D eigenvalue weighted by molar-refractivity contribution is 5.93. The molecular weight excluding hydrogens is 196 g/mol. The second-order valence-electron chi connectivity index (χ2n) is 4.89. The van der Waals surface area contributed by atoms with Crippen LogP contribution in [0.2, 0.25) is 0 Å². The van der Waals surface area contributed by atoms with Gasteiger partial charge in [-0.3, -0.25) is 4.98 Å². The van der Waals surface area contributed by atoms with Gasteiger partial charge in [-0.15, -0.1) is 0 Å². The molecule has 1 heterocycles. The van der Waals surface area contributed by atoms with Gasteiger partial charge in [0, 0.05) is 6.20 Å². The van der Waals surface area contributed by atoms with Crippen molar-refractivity contribution < 1.29 is 0 Å². The van der Waals surface area contributed by atoms with E-state index in [9.17, 15) is 0 Å². The van der Waals surface area contributed by atoms with Crippen molar-refractivity contribution in [3.05, 3.63) is 47.4 Å². The van der Waals surface area contributed by atoms with E-state index < -0.39 is 0 Å². The van der Waals surface area contributed by atoms with Crippen molar-refractivity contribution in [2.75, 3.05) is 0 Å². The van der Waals surface area contributed by atoms with Gasteiger partial charge in [0.05, 0.1) is 12.1 Å². The van der Waals surface area contributed by atoms with Crippen LogP contribution in [0.1, 0.15) is 26.3 Å². The summed E-state index contributed by atoms with van der Waals surface area (Å²) in [4.78, 5) is 7.82. The first-order valence-corrected chi connectivity index (χ1v) is 5.30. The Bertz CT molecular complexity index is 571. The molecule has 0 saturated carbocycles. The van der Waals surface area contributed by atoms with Crippen LogP contribution in [0.15, 0.2) is 30.5 Å². The fourth-order valence-corrected chi connectivity index (χ4v) is 1.90. The minimum absolute atomic E-state index is 0.0713. The van der Waals surface area contributed by atoms with Crippen molar-refractivity contribution in [1.29, 1.82) is 0 Å². The molecule has 0 aliphatic heterocycles. The Hall–Kier alpha value is -1.88. The highest BCUT2D eigenvalue weighted by Gasteiger charge is 2.18. The zero-order chi connectivity index (χ0) is 11.8. The second kappa shape index (κ2) is 3.61. The molecule has 0 N–H and O–H groups in total. The van der Waals surface area contributed by atoms with Gasteiger partial charge in [0.15, 0.2) is 0 Å². The Morgan fingerprint density at radius 2 is 1.94 bits per heavy atom. The third-order valence-corrected chi connectivity index (χ3v) is 2.68. The topological polar surface area (TPSA) is 17.2 Å². The Balaban J connectivity index is 2.87. The van der Waals surface area contributed by atoms with Crippen molar-refractivity contribution in [1.82, 2.24) is 4.98 Å². The molecule has 2 rings (SSSR count). The summed E-state index contributed by atoms with van der Waals surface area (Å²) in [5, 5.41) is 1.09. The van der Waals surface area contributed by atoms with Crippen LogP contribution in [0.5, 0.6) is 0 Å². The molecule has 0 fully saturated rings. The van der Waals surface area contributed by atoms with Gasteiger partial charge in [-0.05, 0) is 22.4 Å². The first kappa shape index (κ1) is 10.6. The van der Waals surface area contributed by atoms with Crippen LogP contribution in [-0.2, 0) is 5.41 Å². The van der Waals surface area contributed by atoms with E-state index in [2.05, 4.69) is 30.6 Å². The fourth-order valence-electron chi connectivity index (χ4n) is 1.90. The predicted octanol–water partition coefficient (Wildman–Crippen LogP) is 4.08. The number of rotatable bonds is 0. The Kier molecular flexibility index (Phi) is 2.40. The van der Waals surface area contributed by atoms with Gasteiger partial charge < -0.3 is 0 Å². The molecule has 0 saturated heterocycles. The Morgan fingerprint density at radius 1 is 1.19 bits per heavy atom. The summed E-state index contributed by atoms with van der Waals surface area (Å²) in [6.45, 7) is 13.7. The van der Waals surface area contributed by atoms with Crippen molar-refractivity contribution in [2.24, 2.45) is 0 Å². The number of aromatic nitrogens is 1. The van der Waals surface area contributed by atoms with Gasteiger partial charge >= 0.3 is 0 Å². The lowest BCUT2D eigenvalue weighted by atomic mass is 9.84. The average molecular weight is 210 g/mol. The number of hydrogen-bond acceptors (Lipinski definition) is 1. The van der Waals surface area contributed by atoms with E-state index in [-0.39, 0.29) is 5.41 Å². The summed E-state index contributed by atoms with van der Waals surface area (Å²) in [5.74, 6) is 0. The number of pyridine rings is 1. The van der Waals surface area contributed by atoms with Crippen molar-refractivity contribution >= 4 is 16.6 Å². The molecule has 16 heavy (non-hydrogen) atoms. The highest BCUT2D eigenvalue weighted by atomic mass is 14.7. The minimum Gasteiger partial charge on any atom is -0.268 e. The molecular formula is C14H14N2. The molecule has 0 amide bonds. The summed E-state index contributed by atoms with van der Waals surface area (Å²) in [6.07, 6.45) is 1.74. The monoisotopic (exact) mass is 210 g/mol. The van der Waals surface area contributed by atoms with Crippen LogP contribution in [-0.4, -0.2) is 4.98 Å². The van der Waals surface area contributed by atoms with Gasteiger partial charge in [-0.1, -0.05) is 39.0 Å². The molecule has 0 bridgehead atoms. The molecule has 0 atom stereocenters. The molecule has 1 aromatic heterocycles. The van der Waals surface area contributed by atoms with E-state index >= 15 is 0 Å². The summed E-state index contributed by atoms with van der Waals surface area (Å²) < 4.78 is 0. The molecule has 2 nitrogen and oxygen atoms in total. The standard InChI is InChI=1S/C14H14N2/c1-14(2,3)11-7-8-12(15-4)13-10(11)6-5-9-16-13/h5-9H,1-3H3. The van der Waals surface area contributed by atoms with E-state index in [4.69, 9.17) is 6.57 Å². The zero-order valence-electron chi connectivity index (χ0n) is 9.78. The molecule has 0 aliphatic carbocycles. The van der Waals surface area contributed by atoms with Crippen molar-refractivity contribution in [2.45, 2.75) is 26.2 Å². The average Bonchev–Trinajstić information content (AvgIpc) is 2.26. The van der Waals surface area contributed by atoms with Gasteiger partial charge in [-0.25, -0.2) is 4.85 Å². The molecule has 2 aromatic rings. The van der Waals surface area contributed by atoms with Crippen LogP contribution >= 0.6 is 0 Å². The largest absolute Gasteiger partial charge is 0.268 e. The quantitative estimate of drug-likeness (QED) is 0.599. The normalized spacial score (nSPS) is 11.4. The van der Waals surface area contributed by atoms with E-state index in [0.717, 1.165) is 10.9 Å². The molecule has 0 unspecified atom stereocenters.